The Bertz CT molecular complexity index is 355. The first-order valence-corrected chi connectivity index (χ1v) is 3.60. The molecule has 1 rings (SSSR count). The van der Waals surface area contributed by atoms with Crippen molar-refractivity contribution in [1.29, 1.82) is 0 Å². The maximum atomic E-state index is 10.5. The molecular weight excluding hydrogens is 168 g/mol. The summed E-state index contributed by atoms with van der Waals surface area (Å²) in [6.45, 7) is 0.364. The molecule has 0 bridgehead atoms. The Kier molecular flexibility index (Phi) is 2.87. The van der Waals surface area contributed by atoms with Crippen LogP contribution in [0.15, 0.2) is 18.3 Å². The molecule has 0 saturated heterocycles. The molecular formula is C9H8N2O2. The summed E-state index contributed by atoms with van der Waals surface area (Å²) >= 11 is 0. The predicted molar refractivity (Wildman–Crippen MR) is 48.5 cm³/mol. The van der Waals surface area contributed by atoms with Gasteiger partial charge in [0, 0.05) is 11.9 Å². The summed E-state index contributed by atoms with van der Waals surface area (Å²) in [5.74, 6) is 1.33. The summed E-state index contributed by atoms with van der Waals surface area (Å²) in [6.07, 6.45) is 6.45. The van der Waals surface area contributed by atoms with Crippen molar-refractivity contribution in [3.63, 3.8) is 0 Å². The van der Waals surface area contributed by atoms with Crippen molar-refractivity contribution in [2.45, 2.75) is 0 Å². The van der Waals surface area contributed by atoms with Crippen LogP contribution >= 0.6 is 0 Å². The molecule has 1 aromatic rings. The number of aromatic nitrogens is 1. The summed E-state index contributed by atoms with van der Waals surface area (Å²) in [7, 11) is 0. The molecule has 0 fully saturated rings. The van der Waals surface area contributed by atoms with Gasteiger partial charge in [-0.15, -0.1) is 6.42 Å². The second-order valence-electron chi connectivity index (χ2n) is 2.29. The van der Waals surface area contributed by atoms with Crippen LogP contribution in [0.4, 0.5) is 5.69 Å². The number of rotatable bonds is 3. The molecule has 0 saturated carbocycles. The van der Waals surface area contributed by atoms with E-state index in [1.165, 1.54) is 12.3 Å². The van der Waals surface area contributed by atoms with Gasteiger partial charge in [0.05, 0.1) is 6.54 Å². The highest BCUT2D eigenvalue weighted by Gasteiger charge is 2.03. The average molecular weight is 176 g/mol. The van der Waals surface area contributed by atoms with Gasteiger partial charge in [-0.05, 0) is 12.1 Å². The van der Waals surface area contributed by atoms with Crippen LogP contribution in [0.25, 0.3) is 0 Å². The van der Waals surface area contributed by atoms with Gasteiger partial charge in [0.2, 0.25) is 0 Å². The zero-order valence-corrected chi connectivity index (χ0v) is 6.82. The molecule has 1 aromatic heterocycles. The number of carboxylic acids is 1. The van der Waals surface area contributed by atoms with Crippen molar-refractivity contribution in [3.8, 4) is 12.3 Å². The van der Waals surface area contributed by atoms with Gasteiger partial charge >= 0.3 is 5.97 Å². The highest BCUT2D eigenvalue weighted by atomic mass is 16.4. The van der Waals surface area contributed by atoms with E-state index in [0.29, 0.717) is 12.2 Å². The van der Waals surface area contributed by atoms with Crippen molar-refractivity contribution in [2.24, 2.45) is 0 Å². The molecule has 66 valence electrons. The number of nitrogens with one attached hydrogen (secondary N) is 1. The second-order valence-corrected chi connectivity index (χ2v) is 2.29. The lowest BCUT2D eigenvalue weighted by atomic mass is 10.3. The van der Waals surface area contributed by atoms with Crippen LogP contribution in [0.2, 0.25) is 0 Å². The monoisotopic (exact) mass is 176 g/mol. The van der Waals surface area contributed by atoms with Crippen molar-refractivity contribution < 1.29 is 9.90 Å². The van der Waals surface area contributed by atoms with Crippen LogP contribution in [0.1, 0.15) is 10.5 Å². The van der Waals surface area contributed by atoms with Crippen molar-refractivity contribution in [2.75, 3.05) is 11.9 Å². The molecule has 0 aromatic carbocycles. The minimum Gasteiger partial charge on any atom is -0.477 e. The fourth-order valence-corrected chi connectivity index (χ4v) is 0.811. The third-order valence-corrected chi connectivity index (χ3v) is 1.37. The van der Waals surface area contributed by atoms with E-state index < -0.39 is 5.97 Å². The molecule has 0 amide bonds. The van der Waals surface area contributed by atoms with E-state index in [1.54, 1.807) is 6.07 Å². The third-order valence-electron chi connectivity index (χ3n) is 1.37. The van der Waals surface area contributed by atoms with Gasteiger partial charge in [-0.25, -0.2) is 9.78 Å². The summed E-state index contributed by atoms with van der Waals surface area (Å²) in [5, 5.41) is 11.5. The molecule has 0 aliphatic heterocycles. The number of terminal acetylenes is 1. The van der Waals surface area contributed by atoms with Crippen LogP contribution in [0, 0.1) is 12.3 Å². The number of nitrogens with zero attached hydrogens (tertiary/aromatic N) is 1. The maximum Gasteiger partial charge on any atom is 0.354 e. The molecule has 0 unspecified atom stereocenters. The zero-order chi connectivity index (χ0) is 9.68. The molecule has 0 aliphatic rings. The van der Waals surface area contributed by atoms with Crippen LogP contribution in [0.5, 0.6) is 0 Å². The summed E-state index contributed by atoms with van der Waals surface area (Å²) in [6, 6.07) is 3.09. The van der Waals surface area contributed by atoms with Crippen LogP contribution in [0.3, 0.4) is 0 Å². The minimum absolute atomic E-state index is 0.00187. The highest BCUT2D eigenvalue weighted by Crippen LogP contribution is 2.06. The van der Waals surface area contributed by atoms with Crippen LogP contribution < -0.4 is 5.32 Å². The van der Waals surface area contributed by atoms with Gasteiger partial charge < -0.3 is 10.4 Å². The second kappa shape index (κ2) is 4.12. The number of aromatic carboxylic acids is 1. The Balaban J connectivity index is 2.80. The molecule has 0 radical (unpaired) electrons. The number of pyridine rings is 1. The number of carbonyl (C=O) groups is 1. The van der Waals surface area contributed by atoms with Gasteiger partial charge in [-0.1, -0.05) is 5.92 Å². The van der Waals surface area contributed by atoms with E-state index in [4.69, 9.17) is 11.5 Å². The van der Waals surface area contributed by atoms with Crippen molar-refractivity contribution >= 4 is 11.7 Å². The van der Waals surface area contributed by atoms with E-state index in [2.05, 4.69) is 16.2 Å². The standard InChI is InChI=1S/C9H8N2O2/c1-2-4-10-7-3-5-11-8(6-7)9(12)13/h1,3,5-6H,4H2,(H,10,11)(H,12,13). The Morgan fingerprint density at radius 3 is 3.15 bits per heavy atom. The fourth-order valence-electron chi connectivity index (χ4n) is 0.811. The summed E-state index contributed by atoms with van der Waals surface area (Å²) in [5.41, 5.74) is 0.660. The number of hydrogen-bond donors (Lipinski definition) is 2. The van der Waals surface area contributed by atoms with Gasteiger partial charge in [-0.3, -0.25) is 0 Å². The van der Waals surface area contributed by atoms with Crippen molar-refractivity contribution in [3.05, 3.63) is 24.0 Å². The van der Waals surface area contributed by atoms with E-state index in [9.17, 15) is 4.79 Å². The smallest absolute Gasteiger partial charge is 0.354 e. The first-order chi connectivity index (χ1) is 6.24. The average Bonchev–Trinajstić information content (AvgIpc) is 2.15. The lowest BCUT2D eigenvalue weighted by Gasteiger charge is -2.01. The Morgan fingerprint density at radius 2 is 2.54 bits per heavy atom. The molecule has 0 aliphatic carbocycles. The van der Waals surface area contributed by atoms with Crippen molar-refractivity contribution in [1.82, 2.24) is 4.98 Å². The van der Waals surface area contributed by atoms with Gasteiger partial charge in [0.15, 0.2) is 0 Å². The molecule has 0 atom stereocenters. The van der Waals surface area contributed by atoms with E-state index in [1.807, 2.05) is 0 Å². The van der Waals surface area contributed by atoms with E-state index in [-0.39, 0.29) is 5.69 Å². The normalized spacial score (nSPS) is 8.85. The Labute approximate surface area is 75.6 Å². The lowest BCUT2D eigenvalue weighted by Crippen LogP contribution is -2.03. The molecule has 2 N–H and O–H groups in total. The van der Waals surface area contributed by atoms with Gasteiger partial charge in [0.25, 0.3) is 0 Å². The summed E-state index contributed by atoms with van der Waals surface area (Å²) < 4.78 is 0. The SMILES string of the molecule is C#CCNc1ccnc(C(=O)O)c1. The molecule has 4 nitrogen and oxygen atoms in total. The largest absolute Gasteiger partial charge is 0.477 e. The molecule has 0 spiro atoms. The summed E-state index contributed by atoms with van der Waals surface area (Å²) in [4.78, 5) is 14.2. The molecule has 1 heterocycles. The number of hydrogen-bond acceptors (Lipinski definition) is 3. The predicted octanol–water partition coefficient (Wildman–Crippen LogP) is 0.825. The van der Waals surface area contributed by atoms with Gasteiger partial charge in [0.1, 0.15) is 5.69 Å². The first kappa shape index (κ1) is 9.07. The highest BCUT2D eigenvalue weighted by molar-refractivity contribution is 5.86. The van der Waals surface area contributed by atoms with Crippen LogP contribution in [-0.2, 0) is 0 Å². The van der Waals surface area contributed by atoms with Gasteiger partial charge in [-0.2, -0.15) is 0 Å². The molecule has 13 heavy (non-hydrogen) atoms. The zero-order valence-electron chi connectivity index (χ0n) is 6.82. The maximum absolute atomic E-state index is 10.5. The van der Waals surface area contributed by atoms with E-state index in [0.717, 1.165) is 0 Å². The third kappa shape index (κ3) is 2.49. The topological polar surface area (TPSA) is 62.2 Å². The lowest BCUT2D eigenvalue weighted by molar-refractivity contribution is 0.0690. The Morgan fingerprint density at radius 1 is 1.77 bits per heavy atom. The number of anilines is 1. The number of carboxylic acid groups (broad SMARTS) is 1. The molecule has 4 heteroatoms. The quantitative estimate of drug-likeness (QED) is 0.669. The minimum atomic E-state index is -1.05. The first-order valence-electron chi connectivity index (χ1n) is 3.60. The van der Waals surface area contributed by atoms with E-state index >= 15 is 0 Å². The van der Waals surface area contributed by atoms with Crippen LogP contribution in [-0.4, -0.2) is 22.6 Å². The fraction of sp³-hybridized carbons (Fsp3) is 0.111. The Hall–Kier alpha value is -2.02.